The molecule has 1 fully saturated rings. The van der Waals surface area contributed by atoms with Gasteiger partial charge in [-0.15, -0.1) is 0 Å². The predicted molar refractivity (Wildman–Crippen MR) is 76.8 cm³/mol. The van der Waals surface area contributed by atoms with Crippen LogP contribution in [-0.4, -0.2) is 41.1 Å². The average molecular weight is 350 g/mol. The zero-order valence-electron chi connectivity index (χ0n) is 11.1. The number of rotatable bonds is 2. The highest BCUT2D eigenvalue weighted by Gasteiger charge is 2.23. The number of hydrogen-bond donors (Lipinski definition) is 0. The van der Waals surface area contributed by atoms with Crippen molar-refractivity contribution in [3.05, 3.63) is 23.6 Å². The molecular formula is C12H12BrN7O. The Bertz CT molecular complexity index is 763. The summed E-state index contributed by atoms with van der Waals surface area (Å²) in [6, 6.07) is 0. The highest BCUT2D eigenvalue weighted by molar-refractivity contribution is 9.10. The molecule has 0 aliphatic carbocycles. The van der Waals surface area contributed by atoms with Gasteiger partial charge < -0.3 is 4.74 Å². The molecule has 0 spiro atoms. The van der Waals surface area contributed by atoms with Crippen molar-refractivity contribution in [3.63, 3.8) is 0 Å². The lowest BCUT2D eigenvalue weighted by Crippen LogP contribution is -2.19. The lowest BCUT2D eigenvalue weighted by molar-refractivity contribution is -0.0371. The third kappa shape index (κ3) is 2.12. The minimum atomic E-state index is -0.0777. The SMILES string of the molecule is Brc1nn(C2CCCCO2)c2ncnc(-n3cncn3)c12. The van der Waals surface area contributed by atoms with Crippen LogP contribution in [0.3, 0.4) is 0 Å². The van der Waals surface area contributed by atoms with Crippen LogP contribution in [0.2, 0.25) is 0 Å². The van der Waals surface area contributed by atoms with E-state index < -0.39 is 0 Å². The molecule has 0 bridgehead atoms. The highest BCUT2D eigenvalue weighted by atomic mass is 79.9. The number of halogens is 1. The Morgan fingerprint density at radius 1 is 1.24 bits per heavy atom. The lowest BCUT2D eigenvalue weighted by atomic mass is 10.2. The molecule has 0 amide bonds. The van der Waals surface area contributed by atoms with Crippen LogP contribution in [0.5, 0.6) is 0 Å². The first-order valence-electron chi connectivity index (χ1n) is 6.70. The summed E-state index contributed by atoms with van der Waals surface area (Å²) < 4.78 is 9.90. The Morgan fingerprint density at radius 2 is 2.19 bits per heavy atom. The molecule has 9 heteroatoms. The van der Waals surface area contributed by atoms with E-state index in [4.69, 9.17) is 4.74 Å². The Labute approximate surface area is 128 Å². The second-order valence-electron chi connectivity index (χ2n) is 4.79. The van der Waals surface area contributed by atoms with Gasteiger partial charge in [0.25, 0.3) is 0 Å². The molecular weight excluding hydrogens is 338 g/mol. The van der Waals surface area contributed by atoms with Crippen LogP contribution in [0.15, 0.2) is 23.6 Å². The fraction of sp³-hybridized carbons (Fsp3) is 0.417. The standard InChI is InChI=1S/C12H12BrN7O/c13-10-9-11(19-7-14-5-17-19)15-6-16-12(9)20(18-10)8-3-1-2-4-21-8/h5-8H,1-4H2. The van der Waals surface area contributed by atoms with Crippen molar-refractivity contribution in [1.82, 2.24) is 34.5 Å². The molecule has 0 N–H and O–H groups in total. The monoisotopic (exact) mass is 349 g/mol. The van der Waals surface area contributed by atoms with Gasteiger partial charge in [-0.3, -0.25) is 0 Å². The zero-order chi connectivity index (χ0) is 14.2. The fourth-order valence-electron chi connectivity index (χ4n) is 2.53. The van der Waals surface area contributed by atoms with Gasteiger partial charge in [-0.25, -0.2) is 24.3 Å². The van der Waals surface area contributed by atoms with Crippen molar-refractivity contribution in [2.24, 2.45) is 0 Å². The van der Waals surface area contributed by atoms with E-state index in [1.54, 1.807) is 11.0 Å². The fourth-order valence-corrected chi connectivity index (χ4v) is 3.05. The van der Waals surface area contributed by atoms with E-state index >= 15 is 0 Å². The van der Waals surface area contributed by atoms with Crippen LogP contribution >= 0.6 is 15.9 Å². The van der Waals surface area contributed by atoms with Crippen LogP contribution in [0, 0.1) is 0 Å². The van der Waals surface area contributed by atoms with E-state index in [2.05, 4.69) is 41.1 Å². The lowest BCUT2D eigenvalue weighted by Gasteiger charge is -2.22. The highest BCUT2D eigenvalue weighted by Crippen LogP contribution is 2.31. The Balaban J connectivity index is 1.89. The summed E-state index contributed by atoms with van der Waals surface area (Å²) in [6.45, 7) is 0.755. The molecule has 3 aromatic rings. The molecule has 3 aromatic heterocycles. The van der Waals surface area contributed by atoms with E-state index in [-0.39, 0.29) is 6.23 Å². The summed E-state index contributed by atoms with van der Waals surface area (Å²) in [4.78, 5) is 12.6. The summed E-state index contributed by atoms with van der Waals surface area (Å²) in [5.41, 5.74) is 0.731. The Hall–Kier alpha value is -1.87. The second-order valence-corrected chi connectivity index (χ2v) is 5.54. The van der Waals surface area contributed by atoms with Gasteiger partial charge in [-0.05, 0) is 35.2 Å². The molecule has 1 saturated heterocycles. The third-order valence-electron chi connectivity index (χ3n) is 3.49. The van der Waals surface area contributed by atoms with Crippen LogP contribution in [0.1, 0.15) is 25.5 Å². The summed E-state index contributed by atoms with van der Waals surface area (Å²) in [5.74, 6) is 0.645. The van der Waals surface area contributed by atoms with Gasteiger partial charge in [-0.2, -0.15) is 10.2 Å². The average Bonchev–Trinajstić information content (AvgIpc) is 3.17. The number of fused-ring (bicyclic) bond motifs is 1. The van der Waals surface area contributed by atoms with Gasteiger partial charge in [-0.1, -0.05) is 0 Å². The maximum atomic E-state index is 5.80. The summed E-state index contributed by atoms with van der Waals surface area (Å²) >= 11 is 3.49. The Morgan fingerprint density at radius 3 is 2.95 bits per heavy atom. The third-order valence-corrected chi connectivity index (χ3v) is 4.05. The summed E-state index contributed by atoms with van der Waals surface area (Å²) in [5, 5.41) is 9.46. The van der Waals surface area contributed by atoms with Crippen LogP contribution in [-0.2, 0) is 4.74 Å². The van der Waals surface area contributed by atoms with E-state index in [0.29, 0.717) is 10.4 Å². The number of hydrogen-bond acceptors (Lipinski definition) is 6. The van der Waals surface area contributed by atoms with Gasteiger partial charge in [0.1, 0.15) is 23.6 Å². The molecule has 8 nitrogen and oxygen atoms in total. The van der Waals surface area contributed by atoms with Crippen molar-refractivity contribution < 1.29 is 4.74 Å². The Kier molecular flexibility index (Phi) is 3.15. The van der Waals surface area contributed by atoms with Crippen molar-refractivity contribution >= 4 is 27.0 Å². The number of nitrogens with zero attached hydrogens (tertiary/aromatic N) is 7. The molecule has 0 radical (unpaired) electrons. The van der Waals surface area contributed by atoms with Crippen LogP contribution < -0.4 is 0 Å². The minimum Gasteiger partial charge on any atom is -0.356 e. The van der Waals surface area contributed by atoms with Crippen LogP contribution in [0.25, 0.3) is 16.9 Å². The molecule has 0 aromatic carbocycles. The molecule has 21 heavy (non-hydrogen) atoms. The minimum absolute atomic E-state index is 0.0777. The van der Waals surface area contributed by atoms with E-state index in [1.807, 2.05) is 4.68 Å². The van der Waals surface area contributed by atoms with E-state index in [1.165, 1.54) is 12.7 Å². The molecule has 1 unspecified atom stereocenters. The first kappa shape index (κ1) is 12.8. The molecule has 4 heterocycles. The van der Waals surface area contributed by atoms with Gasteiger partial charge in [0.2, 0.25) is 0 Å². The van der Waals surface area contributed by atoms with Crippen molar-refractivity contribution in [3.8, 4) is 5.82 Å². The molecule has 4 rings (SSSR count). The molecule has 1 atom stereocenters. The quantitative estimate of drug-likeness (QED) is 0.702. The first-order chi connectivity index (χ1) is 10.3. The molecule has 1 aliphatic rings. The van der Waals surface area contributed by atoms with Crippen LogP contribution in [0.4, 0.5) is 0 Å². The van der Waals surface area contributed by atoms with Crippen molar-refractivity contribution in [1.29, 1.82) is 0 Å². The van der Waals surface area contributed by atoms with Crippen molar-refractivity contribution in [2.45, 2.75) is 25.5 Å². The molecule has 0 saturated carbocycles. The van der Waals surface area contributed by atoms with Gasteiger partial charge in [0.05, 0.1) is 5.39 Å². The normalized spacial score (nSPS) is 19.2. The van der Waals surface area contributed by atoms with E-state index in [0.717, 1.165) is 36.9 Å². The van der Waals surface area contributed by atoms with Gasteiger partial charge in [0.15, 0.2) is 17.7 Å². The summed E-state index contributed by atoms with van der Waals surface area (Å²) in [7, 11) is 0. The maximum absolute atomic E-state index is 5.80. The first-order valence-corrected chi connectivity index (χ1v) is 7.49. The number of aromatic nitrogens is 7. The maximum Gasteiger partial charge on any atom is 0.170 e. The van der Waals surface area contributed by atoms with E-state index in [9.17, 15) is 0 Å². The largest absolute Gasteiger partial charge is 0.356 e. The van der Waals surface area contributed by atoms with Gasteiger partial charge in [0, 0.05) is 6.61 Å². The molecule has 1 aliphatic heterocycles. The predicted octanol–water partition coefficient (Wildman–Crippen LogP) is 1.87. The zero-order valence-corrected chi connectivity index (χ0v) is 12.6. The van der Waals surface area contributed by atoms with Crippen molar-refractivity contribution in [2.75, 3.05) is 6.61 Å². The topological polar surface area (TPSA) is 83.5 Å². The summed E-state index contributed by atoms with van der Waals surface area (Å²) in [6.07, 6.45) is 7.66. The second kappa shape index (κ2) is 5.15. The van der Waals surface area contributed by atoms with Gasteiger partial charge >= 0.3 is 0 Å². The molecule has 108 valence electrons. The number of ether oxygens (including phenoxy) is 1. The smallest absolute Gasteiger partial charge is 0.170 e.